The molecule has 1 saturated heterocycles. The third-order valence-corrected chi connectivity index (χ3v) is 7.00. The second kappa shape index (κ2) is 8.94. The summed E-state index contributed by atoms with van der Waals surface area (Å²) in [5, 5.41) is 2.71. The number of nitrogens with zero attached hydrogens (tertiary/aromatic N) is 2. The normalized spacial score (nSPS) is 22.8. The van der Waals surface area contributed by atoms with Gasteiger partial charge in [0.05, 0.1) is 18.5 Å². The summed E-state index contributed by atoms with van der Waals surface area (Å²) in [4.78, 5) is 41.7. The minimum absolute atomic E-state index is 0.155. The molecule has 4 rings (SSSR count). The highest BCUT2D eigenvalue weighted by atomic mass is 19.1. The third kappa shape index (κ3) is 4.18. The van der Waals surface area contributed by atoms with Gasteiger partial charge in [0.25, 0.3) is 0 Å². The zero-order valence-electron chi connectivity index (χ0n) is 18.0. The predicted molar refractivity (Wildman–Crippen MR) is 114 cm³/mol. The van der Waals surface area contributed by atoms with Crippen LogP contribution in [-0.4, -0.2) is 54.5 Å². The minimum atomic E-state index is -0.597. The SMILES string of the molecule is COC(=O)C1(N2CCC(N3C(=O)CC(=O)Nc4ccc(F)cc43)CC2)CCCCCC1. The van der Waals surface area contributed by atoms with Gasteiger partial charge in [-0.3, -0.25) is 19.3 Å². The quantitative estimate of drug-likeness (QED) is 0.452. The van der Waals surface area contributed by atoms with Gasteiger partial charge in [-0.25, -0.2) is 4.39 Å². The molecule has 0 spiro atoms. The molecule has 0 atom stereocenters. The number of hydrogen-bond donors (Lipinski definition) is 1. The molecule has 1 aromatic rings. The van der Waals surface area contributed by atoms with Gasteiger partial charge in [-0.05, 0) is 43.9 Å². The average molecular weight is 432 g/mol. The van der Waals surface area contributed by atoms with Gasteiger partial charge in [0, 0.05) is 19.1 Å². The number of anilines is 2. The van der Waals surface area contributed by atoms with Crippen molar-refractivity contribution in [3.05, 3.63) is 24.0 Å². The Bertz CT molecular complexity index is 858. The van der Waals surface area contributed by atoms with E-state index in [1.807, 2.05) is 0 Å². The highest BCUT2D eigenvalue weighted by Gasteiger charge is 2.47. The van der Waals surface area contributed by atoms with Crippen molar-refractivity contribution in [1.82, 2.24) is 4.90 Å². The zero-order valence-corrected chi connectivity index (χ0v) is 18.0. The van der Waals surface area contributed by atoms with Gasteiger partial charge in [0.2, 0.25) is 11.8 Å². The molecule has 7 nitrogen and oxygen atoms in total. The molecule has 2 heterocycles. The molecule has 1 aromatic carbocycles. The van der Waals surface area contributed by atoms with E-state index in [2.05, 4.69) is 10.2 Å². The van der Waals surface area contributed by atoms with E-state index in [0.717, 1.165) is 38.5 Å². The topological polar surface area (TPSA) is 79.0 Å². The van der Waals surface area contributed by atoms with E-state index in [1.165, 1.54) is 25.3 Å². The van der Waals surface area contributed by atoms with Crippen molar-refractivity contribution < 1.29 is 23.5 Å². The summed E-state index contributed by atoms with van der Waals surface area (Å²) in [5.74, 6) is -1.33. The van der Waals surface area contributed by atoms with Crippen molar-refractivity contribution in [3.8, 4) is 0 Å². The molecule has 1 N–H and O–H groups in total. The first-order chi connectivity index (χ1) is 14.9. The van der Waals surface area contributed by atoms with Crippen LogP contribution in [0.2, 0.25) is 0 Å². The van der Waals surface area contributed by atoms with Crippen molar-refractivity contribution in [3.63, 3.8) is 0 Å². The van der Waals surface area contributed by atoms with Crippen LogP contribution in [0, 0.1) is 5.82 Å². The fraction of sp³-hybridized carbons (Fsp3) is 0.609. The van der Waals surface area contributed by atoms with Crippen LogP contribution in [0.1, 0.15) is 57.8 Å². The lowest BCUT2D eigenvalue weighted by molar-refractivity contribution is -0.158. The van der Waals surface area contributed by atoms with E-state index in [0.29, 0.717) is 37.3 Å². The lowest BCUT2D eigenvalue weighted by Crippen LogP contribution is -2.59. The summed E-state index contributed by atoms with van der Waals surface area (Å²) in [5.41, 5.74) is 0.265. The van der Waals surface area contributed by atoms with Crippen LogP contribution in [-0.2, 0) is 19.1 Å². The molecule has 2 aliphatic heterocycles. The van der Waals surface area contributed by atoms with Gasteiger partial charge < -0.3 is 15.0 Å². The molecule has 0 radical (unpaired) electrons. The van der Waals surface area contributed by atoms with Crippen LogP contribution >= 0.6 is 0 Å². The Hall–Kier alpha value is -2.48. The summed E-state index contributed by atoms with van der Waals surface area (Å²) >= 11 is 0. The van der Waals surface area contributed by atoms with Crippen molar-refractivity contribution in [2.24, 2.45) is 0 Å². The molecule has 31 heavy (non-hydrogen) atoms. The minimum Gasteiger partial charge on any atom is -0.468 e. The van der Waals surface area contributed by atoms with Gasteiger partial charge in [-0.1, -0.05) is 25.7 Å². The standard InChI is InChI=1S/C23H30FN3O4/c1-31-22(30)23(10-4-2-3-5-11-23)26-12-8-17(9-13-26)27-19-14-16(24)6-7-18(19)25-20(28)15-21(27)29/h6-7,14,17H,2-5,8-13,15H2,1H3,(H,25,28). The Morgan fingerprint density at radius 3 is 2.45 bits per heavy atom. The van der Waals surface area contributed by atoms with Crippen LogP contribution < -0.4 is 10.2 Å². The molecule has 1 saturated carbocycles. The number of nitrogens with one attached hydrogen (secondary N) is 1. The summed E-state index contributed by atoms with van der Waals surface area (Å²) in [7, 11) is 1.45. The lowest BCUT2D eigenvalue weighted by atomic mass is 9.85. The maximum absolute atomic E-state index is 14.0. The van der Waals surface area contributed by atoms with Gasteiger partial charge in [-0.15, -0.1) is 0 Å². The van der Waals surface area contributed by atoms with Crippen molar-refractivity contribution in [1.29, 1.82) is 0 Å². The monoisotopic (exact) mass is 431 g/mol. The number of piperidine rings is 1. The number of hydrogen-bond acceptors (Lipinski definition) is 5. The lowest BCUT2D eigenvalue weighted by Gasteiger charge is -2.46. The number of benzene rings is 1. The van der Waals surface area contributed by atoms with E-state index in [4.69, 9.17) is 4.74 Å². The first kappa shape index (κ1) is 21.7. The molecule has 0 aromatic heterocycles. The van der Waals surface area contributed by atoms with Crippen LogP contribution in [0.3, 0.4) is 0 Å². The smallest absolute Gasteiger partial charge is 0.326 e. The molecule has 168 valence electrons. The van der Waals surface area contributed by atoms with E-state index in [9.17, 15) is 18.8 Å². The van der Waals surface area contributed by atoms with Gasteiger partial charge in [0.1, 0.15) is 17.8 Å². The fourth-order valence-electron chi connectivity index (χ4n) is 5.47. The van der Waals surface area contributed by atoms with Gasteiger partial charge in [0.15, 0.2) is 0 Å². The first-order valence-electron chi connectivity index (χ1n) is 11.2. The molecule has 1 aliphatic carbocycles. The maximum Gasteiger partial charge on any atom is 0.326 e. The van der Waals surface area contributed by atoms with Gasteiger partial charge in [-0.2, -0.15) is 0 Å². The summed E-state index contributed by atoms with van der Waals surface area (Å²) in [6.45, 7) is 1.30. The molecular formula is C23H30FN3O4. The summed E-state index contributed by atoms with van der Waals surface area (Å²) in [6, 6.07) is 3.94. The zero-order chi connectivity index (χ0) is 22.0. The van der Waals surface area contributed by atoms with E-state index >= 15 is 0 Å². The van der Waals surface area contributed by atoms with E-state index in [-0.39, 0.29) is 30.2 Å². The Morgan fingerprint density at radius 1 is 1.13 bits per heavy atom. The predicted octanol–water partition coefficient (Wildman–Crippen LogP) is 3.23. The molecule has 0 unspecified atom stereocenters. The highest BCUT2D eigenvalue weighted by molar-refractivity contribution is 6.14. The second-order valence-corrected chi connectivity index (χ2v) is 8.81. The molecule has 0 bridgehead atoms. The number of likely N-dealkylation sites (tertiary alicyclic amines) is 1. The number of amides is 2. The molecule has 2 fully saturated rings. The van der Waals surface area contributed by atoms with Crippen LogP contribution in [0.5, 0.6) is 0 Å². The van der Waals surface area contributed by atoms with Crippen molar-refractivity contribution in [2.45, 2.75) is 69.4 Å². The van der Waals surface area contributed by atoms with Crippen LogP contribution in [0.25, 0.3) is 0 Å². The third-order valence-electron chi connectivity index (χ3n) is 7.00. The number of carbonyl (C=O) groups is 3. The highest BCUT2D eigenvalue weighted by Crippen LogP contribution is 2.38. The average Bonchev–Trinajstić information content (AvgIpc) is 3.08. The van der Waals surface area contributed by atoms with E-state index < -0.39 is 11.4 Å². The number of esters is 1. The number of halogens is 1. The second-order valence-electron chi connectivity index (χ2n) is 8.81. The summed E-state index contributed by atoms with van der Waals surface area (Å²) in [6.07, 6.45) is 6.87. The number of ether oxygens (including phenoxy) is 1. The number of methoxy groups -OCH3 is 1. The Morgan fingerprint density at radius 2 is 1.81 bits per heavy atom. The van der Waals surface area contributed by atoms with Crippen LogP contribution in [0.4, 0.5) is 15.8 Å². The Kier molecular flexibility index (Phi) is 6.27. The summed E-state index contributed by atoms with van der Waals surface area (Å²) < 4.78 is 19.2. The van der Waals surface area contributed by atoms with Crippen molar-refractivity contribution >= 4 is 29.2 Å². The number of carbonyl (C=O) groups excluding carboxylic acids is 3. The Labute approximate surface area is 181 Å². The number of fused-ring (bicyclic) bond motifs is 1. The fourth-order valence-corrected chi connectivity index (χ4v) is 5.47. The Balaban J connectivity index is 1.56. The molecule has 3 aliphatic rings. The first-order valence-corrected chi connectivity index (χ1v) is 11.2. The van der Waals surface area contributed by atoms with Crippen LogP contribution in [0.15, 0.2) is 18.2 Å². The van der Waals surface area contributed by atoms with Gasteiger partial charge >= 0.3 is 5.97 Å². The molecular weight excluding hydrogens is 401 g/mol. The molecule has 2 amide bonds. The maximum atomic E-state index is 14.0. The molecule has 8 heteroatoms. The van der Waals surface area contributed by atoms with Crippen molar-refractivity contribution in [2.75, 3.05) is 30.4 Å². The number of rotatable bonds is 3. The largest absolute Gasteiger partial charge is 0.468 e. The van der Waals surface area contributed by atoms with E-state index in [1.54, 1.807) is 4.90 Å².